The molecule has 1 fully saturated rings. The molecule has 1 atom stereocenters. The van der Waals surface area contributed by atoms with E-state index in [0.717, 1.165) is 12.8 Å². The molecule has 1 aliphatic carbocycles. The monoisotopic (exact) mass is 257 g/mol. The van der Waals surface area contributed by atoms with E-state index in [0.29, 0.717) is 11.6 Å². The van der Waals surface area contributed by atoms with Gasteiger partial charge in [-0.05, 0) is 30.5 Å². The third kappa shape index (κ3) is 2.96. The highest BCUT2D eigenvalue weighted by molar-refractivity contribution is 6.31. The molecule has 1 N–H and O–H groups in total. The van der Waals surface area contributed by atoms with Crippen molar-refractivity contribution in [3.8, 4) is 0 Å². The Kier molecular flexibility index (Phi) is 3.64. The number of esters is 1. The van der Waals surface area contributed by atoms with E-state index in [1.807, 2.05) is 0 Å². The molecule has 0 bridgehead atoms. The highest BCUT2D eigenvalue weighted by atomic mass is 35.5. The van der Waals surface area contributed by atoms with Crippen molar-refractivity contribution < 1.29 is 13.9 Å². The van der Waals surface area contributed by atoms with Crippen molar-refractivity contribution in [2.24, 2.45) is 0 Å². The topological polar surface area (TPSA) is 38.3 Å². The van der Waals surface area contributed by atoms with Crippen molar-refractivity contribution in [3.63, 3.8) is 0 Å². The average molecular weight is 258 g/mol. The van der Waals surface area contributed by atoms with Crippen LogP contribution in [0, 0.1) is 5.82 Å². The average Bonchev–Trinajstić information content (AvgIpc) is 3.10. The Morgan fingerprint density at radius 2 is 2.29 bits per heavy atom. The molecule has 1 aromatic carbocycles. The number of carbonyl (C=O) groups excluding carboxylic acids is 1. The van der Waals surface area contributed by atoms with Crippen molar-refractivity contribution in [1.29, 1.82) is 0 Å². The molecule has 1 unspecified atom stereocenters. The Hall–Kier alpha value is -1.13. The van der Waals surface area contributed by atoms with Gasteiger partial charge in [-0.1, -0.05) is 17.7 Å². The van der Waals surface area contributed by atoms with Crippen LogP contribution in [-0.4, -0.2) is 19.1 Å². The third-order valence-electron chi connectivity index (χ3n) is 2.69. The molecule has 0 spiro atoms. The Morgan fingerprint density at radius 1 is 1.59 bits per heavy atom. The van der Waals surface area contributed by atoms with Crippen molar-refractivity contribution in [2.75, 3.05) is 7.11 Å². The van der Waals surface area contributed by atoms with Gasteiger partial charge in [0.25, 0.3) is 0 Å². The van der Waals surface area contributed by atoms with Gasteiger partial charge < -0.3 is 4.74 Å². The third-order valence-corrected chi connectivity index (χ3v) is 3.02. The quantitative estimate of drug-likeness (QED) is 0.842. The van der Waals surface area contributed by atoms with Crippen molar-refractivity contribution in [2.45, 2.75) is 24.9 Å². The Balaban J connectivity index is 2.26. The maximum absolute atomic E-state index is 12.9. The summed E-state index contributed by atoms with van der Waals surface area (Å²) in [5.41, 5.74) is 0.548. The molecule has 2 rings (SSSR count). The van der Waals surface area contributed by atoms with Crippen LogP contribution in [0.2, 0.25) is 5.02 Å². The van der Waals surface area contributed by atoms with E-state index in [1.54, 1.807) is 0 Å². The SMILES string of the molecule is COC(=O)C(NC1CC1)c1ccc(F)cc1Cl. The lowest BCUT2D eigenvalue weighted by atomic mass is 10.1. The first kappa shape index (κ1) is 12.3. The first-order chi connectivity index (χ1) is 8.11. The standard InChI is InChI=1S/C12H13ClFNO2/c1-17-12(16)11(15-8-3-4-8)9-5-2-7(14)6-10(9)13/h2,5-6,8,11,15H,3-4H2,1H3. The van der Waals surface area contributed by atoms with Gasteiger partial charge in [0.2, 0.25) is 0 Å². The van der Waals surface area contributed by atoms with Gasteiger partial charge in [-0.2, -0.15) is 0 Å². The molecule has 0 radical (unpaired) electrons. The summed E-state index contributed by atoms with van der Waals surface area (Å²) in [4.78, 5) is 11.7. The molecule has 1 aromatic rings. The van der Waals surface area contributed by atoms with Gasteiger partial charge in [0.15, 0.2) is 0 Å². The molecule has 3 nitrogen and oxygen atoms in total. The van der Waals surface area contributed by atoms with Crippen molar-refractivity contribution >= 4 is 17.6 Å². The summed E-state index contributed by atoms with van der Waals surface area (Å²) in [6.45, 7) is 0. The van der Waals surface area contributed by atoms with Crippen LogP contribution in [0.3, 0.4) is 0 Å². The largest absolute Gasteiger partial charge is 0.468 e. The molecule has 17 heavy (non-hydrogen) atoms. The summed E-state index contributed by atoms with van der Waals surface area (Å²) in [5.74, 6) is -0.834. The number of hydrogen-bond donors (Lipinski definition) is 1. The van der Waals surface area contributed by atoms with Gasteiger partial charge in [0, 0.05) is 11.1 Å². The zero-order chi connectivity index (χ0) is 12.4. The second-order valence-electron chi connectivity index (χ2n) is 4.06. The van der Waals surface area contributed by atoms with Crippen molar-refractivity contribution in [3.05, 3.63) is 34.6 Å². The number of halogens is 2. The molecule has 0 amide bonds. The van der Waals surface area contributed by atoms with E-state index >= 15 is 0 Å². The number of rotatable bonds is 4. The van der Waals surface area contributed by atoms with Crippen LogP contribution < -0.4 is 5.32 Å². The van der Waals surface area contributed by atoms with E-state index in [1.165, 1.54) is 25.3 Å². The molecule has 0 saturated heterocycles. The summed E-state index contributed by atoms with van der Waals surface area (Å²) in [7, 11) is 1.32. The molecule has 0 aromatic heterocycles. The fourth-order valence-corrected chi connectivity index (χ4v) is 1.90. The highest BCUT2D eigenvalue weighted by Crippen LogP contribution is 2.29. The molecular formula is C12H13ClFNO2. The Labute approximate surface area is 104 Å². The fourth-order valence-electron chi connectivity index (χ4n) is 1.62. The van der Waals surface area contributed by atoms with Gasteiger partial charge >= 0.3 is 5.97 Å². The second-order valence-corrected chi connectivity index (χ2v) is 4.47. The molecule has 92 valence electrons. The predicted octanol–water partition coefficient (Wildman–Crippen LogP) is 2.45. The van der Waals surface area contributed by atoms with Crippen LogP contribution in [0.15, 0.2) is 18.2 Å². The normalized spacial score (nSPS) is 16.6. The summed E-state index contributed by atoms with van der Waals surface area (Å²) in [6, 6.07) is 3.68. The van der Waals surface area contributed by atoms with E-state index in [9.17, 15) is 9.18 Å². The number of hydrogen-bond acceptors (Lipinski definition) is 3. The Morgan fingerprint density at radius 3 is 2.82 bits per heavy atom. The zero-order valence-corrected chi connectivity index (χ0v) is 10.1. The lowest BCUT2D eigenvalue weighted by molar-refractivity contribution is -0.143. The number of carbonyl (C=O) groups is 1. The van der Waals surface area contributed by atoms with Crippen molar-refractivity contribution in [1.82, 2.24) is 5.32 Å². The Bertz CT molecular complexity index is 435. The second kappa shape index (κ2) is 5.02. The van der Waals surface area contributed by atoms with Gasteiger partial charge in [-0.3, -0.25) is 5.32 Å². The minimum absolute atomic E-state index is 0.230. The van der Waals surface area contributed by atoms with E-state index in [-0.39, 0.29) is 5.02 Å². The van der Waals surface area contributed by atoms with Crippen LogP contribution in [0.5, 0.6) is 0 Å². The molecule has 5 heteroatoms. The lowest BCUT2D eigenvalue weighted by Crippen LogP contribution is -2.31. The van der Waals surface area contributed by atoms with Crippen LogP contribution in [0.1, 0.15) is 24.4 Å². The number of ether oxygens (including phenoxy) is 1. The maximum atomic E-state index is 12.9. The smallest absolute Gasteiger partial charge is 0.327 e. The zero-order valence-electron chi connectivity index (χ0n) is 9.37. The molecule has 1 saturated carbocycles. The minimum Gasteiger partial charge on any atom is -0.468 e. The first-order valence-corrected chi connectivity index (χ1v) is 5.78. The lowest BCUT2D eigenvalue weighted by Gasteiger charge is -2.17. The van der Waals surface area contributed by atoms with E-state index in [2.05, 4.69) is 5.32 Å². The van der Waals surface area contributed by atoms with Gasteiger partial charge in [-0.25, -0.2) is 9.18 Å². The molecule has 0 aliphatic heterocycles. The molecule has 0 heterocycles. The fraction of sp³-hybridized carbons (Fsp3) is 0.417. The summed E-state index contributed by atoms with van der Waals surface area (Å²) in [6.07, 6.45) is 2.07. The summed E-state index contributed by atoms with van der Waals surface area (Å²) < 4.78 is 17.7. The van der Waals surface area contributed by atoms with Crippen LogP contribution in [0.4, 0.5) is 4.39 Å². The van der Waals surface area contributed by atoms with Gasteiger partial charge in [0.1, 0.15) is 11.9 Å². The van der Waals surface area contributed by atoms with E-state index in [4.69, 9.17) is 16.3 Å². The number of methoxy groups -OCH3 is 1. The number of nitrogens with one attached hydrogen (secondary N) is 1. The summed E-state index contributed by atoms with van der Waals surface area (Å²) >= 11 is 5.94. The van der Waals surface area contributed by atoms with Gasteiger partial charge in [-0.15, -0.1) is 0 Å². The van der Waals surface area contributed by atoms with Gasteiger partial charge in [0.05, 0.1) is 7.11 Å². The predicted molar refractivity (Wildman–Crippen MR) is 62.3 cm³/mol. The number of benzene rings is 1. The maximum Gasteiger partial charge on any atom is 0.327 e. The van der Waals surface area contributed by atoms with Crippen LogP contribution in [0.25, 0.3) is 0 Å². The highest BCUT2D eigenvalue weighted by Gasteiger charge is 2.31. The van der Waals surface area contributed by atoms with E-state index < -0.39 is 17.8 Å². The molecule has 1 aliphatic rings. The van der Waals surface area contributed by atoms with Crippen LogP contribution >= 0.6 is 11.6 Å². The molecular weight excluding hydrogens is 245 g/mol. The summed E-state index contributed by atoms with van der Waals surface area (Å²) in [5, 5.41) is 3.37. The van der Waals surface area contributed by atoms with Crippen LogP contribution in [-0.2, 0) is 9.53 Å². The minimum atomic E-state index is -0.624. The first-order valence-electron chi connectivity index (χ1n) is 5.40.